The highest BCUT2D eigenvalue weighted by molar-refractivity contribution is 7.99. The number of ether oxygens (including phenoxy) is 1. The van der Waals surface area contributed by atoms with Crippen molar-refractivity contribution in [1.29, 1.82) is 0 Å². The lowest BCUT2D eigenvalue weighted by atomic mass is 9.80. The average molecular weight is 188 g/mol. The second kappa shape index (κ2) is 3.20. The summed E-state index contributed by atoms with van der Waals surface area (Å²) in [6, 6.07) is 0. The van der Waals surface area contributed by atoms with Gasteiger partial charge in [0.15, 0.2) is 0 Å². The van der Waals surface area contributed by atoms with E-state index in [1.54, 1.807) is 0 Å². The Balaban J connectivity index is 2.07. The minimum Gasteiger partial charge on any atom is -0.388 e. The lowest BCUT2D eigenvalue weighted by molar-refractivity contribution is -0.0317. The summed E-state index contributed by atoms with van der Waals surface area (Å²) in [5.74, 6) is 2.84. The zero-order chi connectivity index (χ0) is 8.60. The zero-order valence-corrected chi connectivity index (χ0v) is 8.27. The first-order valence-electron chi connectivity index (χ1n) is 4.61. The van der Waals surface area contributed by atoms with Gasteiger partial charge in [-0.2, -0.15) is 11.8 Å². The molecule has 0 aromatic rings. The van der Waals surface area contributed by atoms with Gasteiger partial charge in [-0.1, -0.05) is 6.92 Å². The molecule has 12 heavy (non-hydrogen) atoms. The standard InChI is InChI=1S/C9H16O2S/c1-7-5-12-6-9(7,10)8-2-3-11-4-8/h7-8,10H,2-6H2,1H3. The summed E-state index contributed by atoms with van der Waals surface area (Å²) in [6.07, 6.45) is 1.04. The van der Waals surface area contributed by atoms with Crippen molar-refractivity contribution in [3.8, 4) is 0 Å². The molecule has 2 heterocycles. The van der Waals surface area contributed by atoms with Gasteiger partial charge >= 0.3 is 0 Å². The van der Waals surface area contributed by atoms with E-state index < -0.39 is 5.60 Å². The van der Waals surface area contributed by atoms with Gasteiger partial charge < -0.3 is 9.84 Å². The molecule has 2 aliphatic heterocycles. The van der Waals surface area contributed by atoms with E-state index in [2.05, 4.69) is 6.92 Å². The van der Waals surface area contributed by atoms with Gasteiger partial charge in [0.25, 0.3) is 0 Å². The highest BCUT2D eigenvalue weighted by Crippen LogP contribution is 2.41. The van der Waals surface area contributed by atoms with E-state index in [1.165, 1.54) is 0 Å². The van der Waals surface area contributed by atoms with Crippen molar-refractivity contribution >= 4 is 11.8 Å². The van der Waals surface area contributed by atoms with Gasteiger partial charge in [-0.05, 0) is 18.1 Å². The van der Waals surface area contributed by atoms with E-state index in [9.17, 15) is 5.11 Å². The summed E-state index contributed by atoms with van der Waals surface area (Å²) in [4.78, 5) is 0. The van der Waals surface area contributed by atoms with Gasteiger partial charge in [0.05, 0.1) is 12.2 Å². The smallest absolute Gasteiger partial charge is 0.0821 e. The summed E-state index contributed by atoms with van der Waals surface area (Å²) < 4.78 is 5.31. The van der Waals surface area contributed by atoms with Crippen LogP contribution in [0.3, 0.4) is 0 Å². The van der Waals surface area contributed by atoms with Crippen LogP contribution >= 0.6 is 11.8 Å². The van der Waals surface area contributed by atoms with Crippen LogP contribution in [0.4, 0.5) is 0 Å². The van der Waals surface area contributed by atoms with E-state index in [0.717, 1.165) is 31.1 Å². The Morgan fingerprint density at radius 2 is 2.42 bits per heavy atom. The van der Waals surface area contributed by atoms with Crippen LogP contribution in [0.25, 0.3) is 0 Å². The van der Waals surface area contributed by atoms with Crippen LogP contribution in [0.5, 0.6) is 0 Å². The molecule has 3 heteroatoms. The van der Waals surface area contributed by atoms with Crippen LogP contribution in [0.2, 0.25) is 0 Å². The van der Waals surface area contributed by atoms with Gasteiger partial charge in [0.2, 0.25) is 0 Å². The molecule has 2 nitrogen and oxygen atoms in total. The fourth-order valence-electron chi connectivity index (χ4n) is 2.13. The van der Waals surface area contributed by atoms with Crippen molar-refractivity contribution in [2.75, 3.05) is 24.7 Å². The van der Waals surface area contributed by atoms with Crippen molar-refractivity contribution in [2.45, 2.75) is 18.9 Å². The van der Waals surface area contributed by atoms with Gasteiger partial charge in [0, 0.05) is 18.3 Å². The number of aliphatic hydroxyl groups is 1. The fraction of sp³-hybridized carbons (Fsp3) is 1.00. The van der Waals surface area contributed by atoms with Crippen molar-refractivity contribution in [3.05, 3.63) is 0 Å². The molecule has 70 valence electrons. The molecule has 2 fully saturated rings. The lowest BCUT2D eigenvalue weighted by Gasteiger charge is -2.32. The molecule has 3 unspecified atom stereocenters. The van der Waals surface area contributed by atoms with Crippen molar-refractivity contribution in [3.63, 3.8) is 0 Å². The molecule has 3 atom stereocenters. The first-order chi connectivity index (χ1) is 5.73. The quantitative estimate of drug-likeness (QED) is 0.669. The van der Waals surface area contributed by atoms with Crippen molar-refractivity contribution in [1.82, 2.24) is 0 Å². The van der Waals surface area contributed by atoms with Gasteiger partial charge in [-0.25, -0.2) is 0 Å². The molecule has 2 saturated heterocycles. The summed E-state index contributed by atoms with van der Waals surface area (Å²) >= 11 is 1.87. The van der Waals surface area contributed by atoms with Crippen LogP contribution in [0.1, 0.15) is 13.3 Å². The van der Waals surface area contributed by atoms with Gasteiger partial charge in [0.1, 0.15) is 0 Å². The number of rotatable bonds is 1. The number of hydrogen-bond donors (Lipinski definition) is 1. The molecule has 0 aliphatic carbocycles. The number of thioether (sulfide) groups is 1. The Bertz CT molecular complexity index is 168. The molecular weight excluding hydrogens is 172 g/mol. The Hall–Kier alpha value is 0.270. The topological polar surface area (TPSA) is 29.5 Å². The third-order valence-corrected chi connectivity index (χ3v) is 4.59. The third-order valence-electron chi connectivity index (χ3n) is 3.19. The third kappa shape index (κ3) is 1.28. The second-order valence-corrected chi connectivity index (χ2v) is 5.00. The van der Waals surface area contributed by atoms with Crippen molar-refractivity contribution < 1.29 is 9.84 Å². The Morgan fingerprint density at radius 3 is 2.92 bits per heavy atom. The molecule has 0 aromatic carbocycles. The van der Waals surface area contributed by atoms with E-state index in [-0.39, 0.29) is 0 Å². The molecular formula is C9H16O2S. The minimum absolute atomic E-state index is 0.391. The molecule has 2 aliphatic rings. The predicted molar refractivity (Wildman–Crippen MR) is 50.4 cm³/mol. The van der Waals surface area contributed by atoms with E-state index >= 15 is 0 Å². The molecule has 2 rings (SSSR count). The monoisotopic (exact) mass is 188 g/mol. The van der Waals surface area contributed by atoms with E-state index in [1.807, 2.05) is 11.8 Å². The SMILES string of the molecule is CC1CSCC1(O)C1CCOC1. The summed E-state index contributed by atoms with van der Waals surface area (Å²) in [7, 11) is 0. The Labute approximate surface area is 77.7 Å². The summed E-state index contributed by atoms with van der Waals surface area (Å²) in [5.41, 5.74) is -0.429. The maximum atomic E-state index is 10.4. The number of hydrogen-bond acceptors (Lipinski definition) is 3. The van der Waals surface area contributed by atoms with Gasteiger partial charge in [-0.3, -0.25) is 0 Å². The molecule has 0 amide bonds. The molecule has 0 spiro atoms. The first-order valence-corrected chi connectivity index (χ1v) is 5.77. The molecule has 0 aromatic heterocycles. The van der Waals surface area contributed by atoms with Gasteiger partial charge in [-0.15, -0.1) is 0 Å². The average Bonchev–Trinajstić information content (AvgIpc) is 2.62. The van der Waals surface area contributed by atoms with Crippen LogP contribution in [-0.2, 0) is 4.74 Å². The molecule has 1 N–H and O–H groups in total. The Morgan fingerprint density at radius 1 is 1.58 bits per heavy atom. The normalized spacial score (nSPS) is 48.5. The molecule has 0 radical (unpaired) electrons. The fourth-order valence-corrected chi connectivity index (χ4v) is 3.74. The molecule has 0 bridgehead atoms. The zero-order valence-electron chi connectivity index (χ0n) is 7.45. The summed E-state index contributed by atoms with van der Waals surface area (Å²) in [5, 5.41) is 10.4. The second-order valence-electron chi connectivity index (χ2n) is 3.97. The minimum atomic E-state index is -0.429. The summed E-state index contributed by atoms with van der Waals surface area (Å²) in [6.45, 7) is 3.75. The Kier molecular flexibility index (Phi) is 2.36. The van der Waals surface area contributed by atoms with Crippen LogP contribution in [0.15, 0.2) is 0 Å². The van der Waals surface area contributed by atoms with E-state index in [0.29, 0.717) is 11.8 Å². The molecule has 0 saturated carbocycles. The lowest BCUT2D eigenvalue weighted by Crippen LogP contribution is -2.43. The maximum absolute atomic E-state index is 10.4. The van der Waals surface area contributed by atoms with Crippen LogP contribution in [0, 0.1) is 11.8 Å². The predicted octanol–water partition coefficient (Wildman–Crippen LogP) is 1.14. The highest BCUT2D eigenvalue weighted by Gasteiger charge is 2.46. The maximum Gasteiger partial charge on any atom is 0.0821 e. The van der Waals surface area contributed by atoms with Crippen LogP contribution in [-0.4, -0.2) is 35.4 Å². The first kappa shape index (κ1) is 8.85. The highest BCUT2D eigenvalue weighted by atomic mass is 32.2. The van der Waals surface area contributed by atoms with Crippen LogP contribution < -0.4 is 0 Å². The van der Waals surface area contributed by atoms with Crippen molar-refractivity contribution in [2.24, 2.45) is 11.8 Å². The van der Waals surface area contributed by atoms with E-state index in [4.69, 9.17) is 4.74 Å². The largest absolute Gasteiger partial charge is 0.388 e.